The summed E-state index contributed by atoms with van der Waals surface area (Å²) in [7, 11) is -3.63. The number of benzene rings is 2. The normalized spacial score (nSPS) is 11.3. The molecule has 0 heterocycles. The third-order valence-electron chi connectivity index (χ3n) is 3.20. The van der Waals surface area contributed by atoms with E-state index in [1.807, 2.05) is 0 Å². The van der Waals surface area contributed by atoms with Crippen LogP contribution in [0.25, 0.3) is 0 Å². The first-order valence-electron chi connectivity index (χ1n) is 6.90. The number of amides is 1. The molecule has 0 saturated carbocycles. The van der Waals surface area contributed by atoms with Crippen molar-refractivity contribution in [3.63, 3.8) is 0 Å². The van der Waals surface area contributed by atoms with E-state index < -0.39 is 10.0 Å². The number of hydrogen-bond acceptors (Lipinski definition) is 3. The highest BCUT2D eigenvalue weighted by Gasteiger charge is 2.15. The van der Waals surface area contributed by atoms with Crippen LogP contribution in [0.2, 0.25) is 5.02 Å². The maximum Gasteiger partial charge on any atom is 0.240 e. The smallest absolute Gasteiger partial charge is 0.240 e. The second kappa shape index (κ2) is 7.12. The summed E-state index contributed by atoms with van der Waals surface area (Å²) in [5.74, 6) is -0.204. The second-order valence-electron chi connectivity index (χ2n) is 5.11. The van der Waals surface area contributed by atoms with Crippen LogP contribution in [0.1, 0.15) is 18.1 Å². The van der Waals surface area contributed by atoms with Gasteiger partial charge < -0.3 is 5.32 Å². The molecule has 0 aromatic heterocycles. The van der Waals surface area contributed by atoms with Gasteiger partial charge in [0, 0.05) is 24.2 Å². The minimum Gasteiger partial charge on any atom is -0.326 e. The van der Waals surface area contributed by atoms with Gasteiger partial charge in [-0.3, -0.25) is 4.79 Å². The van der Waals surface area contributed by atoms with Crippen molar-refractivity contribution in [1.82, 2.24) is 4.72 Å². The van der Waals surface area contributed by atoms with Gasteiger partial charge in [0.25, 0.3) is 0 Å². The number of rotatable bonds is 5. The van der Waals surface area contributed by atoms with Crippen molar-refractivity contribution in [2.75, 3.05) is 5.32 Å². The predicted molar refractivity (Wildman–Crippen MR) is 91.0 cm³/mol. The molecule has 0 spiro atoms. The highest BCUT2D eigenvalue weighted by Crippen LogP contribution is 2.20. The first-order valence-corrected chi connectivity index (χ1v) is 8.76. The molecule has 0 aliphatic carbocycles. The summed E-state index contributed by atoms with van der Waals surface area (Å²) in [4.78, 5) is 11.2. The van der Waals surface area contributed by atoms with Gasteiger partial charge in [0.2, 0.25) is 15.9 Å². The summed E-state index contributed by atoms with van der Waals surface area (Å²) >= 11 is 5.80. The van der Waals surface area contributed by atoms with Crippen molar-refractivity contribution in [3.8, 4) is 0 Å². The van der Waals surface area contributed by atoms with Crippen LogP contribution in [0.5, 0.6) is 0 Å². The van der Waals surface area contributed by atoms with E-state index >= 15 is 0 Å². The van der Waals surface area contributed by atoms with Crippen LogP contribution < -0.4 is 10.0 Å². The Morgan fingerprint density at radius 1 is 1.13 bits per heavy atom. The topological polar surface area (TPSA) is 75.3 Å². The van der Waals surface area contributed by atoms with Gasteiger partial charge in [0.15, 0.2) is 0 Å². The van der Waals surface area contributed by atoms with Gasteiger partial charge in [-0.05, 0) is 48.4 Å². The zero-order valence-corrected chi connectivity index (χ0v) is 14.3. The second-order valence-corrected chi connectivity index (χ2v) is 7.31. The Balaban J connectivity index is 2.14. The van der Waals surface area contributed by atoms with Crippen LogP contribution in [-0.4, -0.2) is 14.3 Å². The van der Waals surface area contributed by atoms with Gasteiger partial charge >= 0.3 is 0 Å². The molecular formula is C16H17ClN2O3S. The molecule has 2 N–H and O–H groups in total. The number of aryl methyl sites for hydroxylation is 1. The number of anilines is 1. The zero-order chi connectivity index (χ0) is 17.0. The molecule has 122 valence electrons. The number of sulfonamides is 1. The monoisotopic (exact) mass is 352 g/mol. The van der Waals surface area contributed by atoms with Crippen molar-refractivity contribution < 1.29 is 13.2 Å². The molecule has 2 aromatic carbocycles. The number of hydrogen-bond donors (Lipinski definition) is 2. The Kier molecular flexibility index (Phi) is 5.41. The highest BCUT2D eigenvalue weighted by atomic mass is 35.5. The van der Waals surface area contributed by atoms with E-state index in [0.717, 1.165) is 5.56 Å². The lowest BCUT2D eigenvalue weighted by molar-refractivity contribution is -0.114. The van der Waals surface area contributed by atoms with Gasteiger partial charge in [0.1, 0.15) is 0 Å². The van der Waals surface area contributed by atoms with Crippen LogP contribution in [-0.2, 0) is 21.4 Å². The highest BCUT2D eigenvalue weighted by molar-refractivity contribution is 7.89. The SMILES string of the molecule is CC(=O)Nc1ccc(S(=O)(=O)NCc2ccc(Cl)cc2)cc1C. The quantitative estimate of drug-likeness (QED) is 0.868. The molecule has 23 heavy (non-hydrogen) atoms. The van der Waals surface area contributed by atoms with Crippen molar-refractivity contribution in [3.05, 3.63) is 58.6 Å². The van der Waals surface area contributed by atoms with Crippen LogP contribution in [0, 0.1) is 6.92 Å². The molecular weight excluding hydrogens is 336 g/mol. The van der Waals surface area contributed by atoms with Crippen LogP contribution in [0.4, 0.5) is 5.69 Å². The van der Waals surface area contributed by atoms with Crippen molar-refractivity contribution in [2.45, 2.75) is 25.3 Å². The number of halogens is 1. The number of carbonyl (C=O) groups is 1. The van der Waals surface area contributed by atoms with Gasteiger partial charge in [0.05, 0.1) is 4.90 Å². The molecule has 2 rings (SSSR count). The van der Waals surface area contributed by atoms with E-state index in [-0.39, 0.29) is 17.3 Å². The van der Waals surface area contributed by atoms with E-state index in [9.17, 15) is 13.2 Å². The van der Waals surface area contributed by atoms with Gasteiger partial charge in [-0.25, -0.2) is 13.1 Å². The van der Waals surface area contributed by atoms with Gasteiger partial charge in [-0.1, -0.05) is 23.7 Å². The maximum atomic E-state index is 12.3. The average molecular weight is 353 g/mol. The largest absolute Gasteiger partial charge is 0.326 e. The third kappa shape index (κ3) is 4.79. The molecule has 0 saturated heterocycles. The first kappa shape index (κ1) is 17.5. The van der Waals surface area contributed by atoms with Crippen molar-refractivity contribution >= 4 is 33.2 Å². The fraction of sp³-hybridized carbons (Fsp3) is 0.188. The fourth-order valence-electron chi connectivity index (χ4n) is 2.00. The minimum absolute atomic E-state index is 0.151. The Morgan fingerprint density at radius 3 is 2.35 bits per heavy atom. The van der Waals surface area contributed by atoms with E-state index in [0.29, 0.717) is 16.3 Å². The lowest BCUT2D eigenvalue weighted by Crippen LogP contribution is -2.23. The van der Waals surface area contributed by atoms with Crippen LogP contribution in [0.3, 0.4) is 0 Å². The van der Waals surface area contributed by atoms with E-state index in [1.165, 1.54) is 19.1 Å². The van der Waals surface area contributed by atoms with Crippen LogP contribution >= 0.6 is 11.6 Å². The van der Waals surface area contributed by atoms with Gasteiger partial charge in [-0.15, -0.1) is 0 Å². The molecule has 5 nitrogen and oxygen atoms in total. The van der Waals surface area contributed by atoms with Crippen molar-refractivity contribution in [1.29, 1.82) is 0 Å². The molecule has 0 fully saturated rings. The molecule has 0 atom stereocenters. The Labute approximate surface area is 140 Å². The maximum absolute atomic E-state index is 12.3. The predicted octanol–water partition coefficient (Wildman–Crippen LogP) is 3.09. The molecule has 7 heteroatoms. The molecule has 0 aliphatic heterocycles. The standard InChI is InChI=1S/C16H17ClN2O3S/c1-11-9-15(7-8-16(11)19-12(2)20)23(21,22)18-10-13-3-5-14(17)6-4-13/h3-9,18H,10H2,1-2H3,(H,19,20). The summed E-state index contributed by atoms with van der Waals surface area (Å²) in [6.07, 6.45) is 0. The zero-order valence-electron chi connectivity index (χ0n) is 12.8. The summed E-state index contributed by atoms with van der Waals surface area (Å²) in [5, 5.41) is 3.25. The Hall–Kier alpha value is -1.89. The summed E-state index contributed by atoms with van der Waals surface area (Å²) in [6, 6.07) is 11.5. The average Bonchev–Trinajstić information content (AvgIpc) is 2.48. The summed E-state index contributed by atoms with van der Waals surface area (Å²) in [5.41, 5.74) is 2.08. The summed E-state index contributed by atoms with van der Waals surface area (Å²) in [6.45, 7) is 3.31. The van der Waals surface area contributed by atoms with Gasteiger partial charge in [-0.2, -0.15) is 0 Å². The molecule has 0 bridgehead atoms. The lowest BCUT2D eigenvalue weighted by Gasteiger charge is -2.11. The van der Waals surface area contributed by atoms with E-state index in [2.05, 4.69) is 10.0 Å². The molecule has 0 radical (unpaired) electrons. The fourth-order valence-corrected chi connectivity index (χ4v) is 3.23. The number of nitrogens with one attached hydrogen (secondary N) is 2. The number of carbonyl (C=O) groups excluding carboxylic acids is 1. The minimum atomic E-state index is -3.63. The van der Waals surface area contributed by atoms with E-state index in [4.69, 9.17) is 11.6 Å². The summed E-state index contributed by atoms with van der Waals surface area (Å²) < 4.78 is 27.2. The third-order valence-corrected chi connectivity index (χ3v) is 4.85. The molecule has 0 aliphatic rings. The van der Waals surface area contributed by atoms with Crippen molar-refractivity contribution in [2.24, 2.45) is 0 Å². The lowest BCUT2D eigenvalue weighted by atomic mass is 10.2. The molecule has 1 amide bonds. The Bertz CT molecular complexity index is 818. The van der Waals surface area contributed by atoms with E-state index in [1.54, 1.807) is 37.3 Å². The molecule has 0 unspecified atom stereocenters. The first-order chi connectivity index (χ1) is 10.8. The molecule has 2 aromatic rings. The van der Waals surface area contributed by atoms with Crippen LogP contribution in [0.15, 0.2) is 47.4 Å². The Morgan fingerprint density at radius 2 is 1.78 bits per heavy atom.